The fourth-order valence-corrected chi connectivity index (χ4v) is 9.51. The van der Waals surface area contributed by atoms with Crippen LogP contribution in [0, 0.1) is 13.7 Å². The predicted molar refractivity (Wildman–Crippen MR) is 229 cm³/mol. The number of fused-ring (bicyclic) bond motifs is 7. The summed E-state index contributed by atoms with van der Waals surface area (Å²) in [5, 5.41) is 0. The third kappa shape index (κ3) is 5.07. The van der Waals surface area contributed by atoms with E-state index in [1.807, 2.05) is 40.8 Å². The number of nitrogens with zero attached hydrogens (tertiary/aromatic N) is 2. The first-order valence-corrected chi connectivity index (χ1v) is 19.6. The van der Waals surface area contributed by atoms with E-state index in [-0.39, 0.29) is 56.0 Å². The number of aryl methyl sites for hydroxylation is 2. The van der Waals surface area contributed by atoms with Crippen LogP contribution in [0.3, 0.4) is 0 Å². The zero-order chi connectivity index (χ0) is 49.6. The summed E-state index contributed by atoms with van der Waals surface area (Å²) in [7, 11) is 0. The van der Waals surface area contributed by atoms with Crippen molar-refractivity contribution in [2.45, 2.75) is 96.0 Å². The average molecular weight is 747 g/mol. The van der Waals surface area contributed by atoms with Crippen LogP contribution in [0.15, 0.2) is 114 Å². The van der Waals surface area contributed by atoms with E-state index >= 15 is 0 Å². The van der Waals surface area contributed by atoms with Gasteiger partial charge in [0, 0.05) is 46.9 Å². The topological polar surface area (TPSA) is 39.7 Å². The van der Waals surface area contributed by atoms with E-state index in [1.54, 1.807) is 42.5 Å². The number of rotatable bonds is 5. The monoisotopic (exact) mass is 746 g/mol. The van der Waals surface area contributed by atoms with Gasteiger partial charge in [-0.3, -0.25) is 4.40 Å². The summed E-state index contributed by atoms with van der Waals surface area (Å²) < 4.78 is 142. The Balaban J connectivity index is 1.22. The lowest BCUT2D eigenvalue weighted by Crippen LogP contribution is -2.25. The first kappa shape index (κ1) is 22.2. The SMILES string of the molecule is [2H]C([2H])([2H])c1ccc(-c2c(C3([2H])CCCC3)ccc3c2Oc2ccccc2C3(C([2H])([2H])[2H])C([2H])([2H])[2H])cc1-c1cc(-c2c(C3([2H])CCCC3)ccc3c2nc2oc4ccccc4n23)ccc1C([2H])([2H])[2H]. The van der Waals surface area contributed by atoms with Crippen LogP contribution in [0.25, 0.3) is 61.4 Å². The highest BCUT2D eigenvalue weighted by Gasteiger charge is 2.37. The molecule has 0 atom stereocenters. The Morgan fingerprint density at radius 3 is 2.02 bits per heavy atom. The van der Waals surface area contributed by atoms with Crippen LogP contribution in [0.2, 0.25) is 0 Å². The van der Waals surface area contributed by atoms with Crippen molar-refractivity contribution in [3.8, 4) is 44.9 Å². The number of aromatic nitrogens is 2. The van der Waals surface area contributed by atoms with Crippen molar-refractivity contribution < 1.29 is 28.3 Å². The van der Waals surface area contributed by atoms with Gasteiger partial charge < -0.3 is 9.15 Å². The molecule has 1 aliphatic heterocycles. The van der Waals surface area contributed by atoms with E-state index in [1.165, 1.54) is 30.3 Å². The summed E-state index contributed by atoms with van der Waals surface area (Å²) >= 11 is 0. The number of para-hydroxylation sites is 3. The van der Waals surface area contributed by atoms with Gasteiger partial charge in [-0.05, 0) is 132 Å². The zero-order valence-electron chi connectivity index (χ0n) is 44.8. The maximum absolute atomic E-state index is 9.89. The van der Waals surface area contributed by atoms with Gasteiger partial charge in [0.1, 0.15) is 17.0 Å². The summed E-state index contributed by atoms with van der Waals surface area (Å²) in [6.07, 6.45) is 5.18. The van der Waals surface area contributed by atoms with Gasteiger partial charge in [0.25, 0.3) is 0 Å². The minimum absolute atomic E-state index is 0.0152. The summed E-state index contributed by atoms with van der Waals surface area (Å²) in [5.41, 5.74) is 2.43. The van der Waals surface area contributed by atoms with Crippen molar-refractivity contribution in [2.75, 3.05) is 0 Å². The summed E-state index contributed by atoms with van der Waals surface area (Å²) in [6, 6.07) is 30.0. The number of imidazole rings is 1. The third-order valence-corrected chi connectivity index (χ3v) is 12.3. The molecule has 3 heterocycles. The molecule has 56 heavy (non-hydrogen) atoms. The summed E-state index contributed by atoms with van der Waals surface area (Å²) in [5.74, 6) is -1.96. The Bertz CT molecular complexity index is 3400. The fraction of sp³-hybridized carbons (Fsp3) is 0.288. The minimum atomic E-state index is -3.15. The molecule has 2 fully saturated rings. The van der Waals surface area contributed by atoms with Crippen molar-refractivity contribution in [2.24, 2.45) is 0 Å². The molecule has 3 aliphatic rings. The molecule has 0 amide bonds. The Labute approximate surface area is 348 Å². The average Bonchev–Trinajstić information content (AvgIpc) is 4.10. The first-order chi connectivity index (χ1) is 33.0. The Morgan fingerprint density at radius 2 is 1.30 bits per heavy atom. The molecular formula is C52H48N2O2. The third-order valence-electron chi connectivity index (χ3n) is 12.3. The zero-order valence-corrected chi connectivity index (χ0v) is 30.8. The maximum atomic E-state index is 9.89. The molecule has 0 radical (unpaired) electrons. The molecule has 4 nitrogen and oxygen atoms in total. The van der Waals surface area contributed by atoms with Gasteiger partial charge in [-0.25, -0.2) is 0 Å². The van der Waals surface area contributed by atoms with Crippen LogP contribution in [0.5, 0.6) is 11.5 Å². The highest BCUT2D eigenvalue weighted by molar-refractivity contribution is 5.99. The molecule has 0 saturated heterocycles. The molecule has 2 aromatic heterocycles. The van der Waals surface area contributed by atoms with Crippen molar-refractivity contribution in [3.63, 3.8) is 0 Å². The van der Waals surface area contributed by atoms with Gasteiger partial charge in [-0.1, -0.05) is 112 Å². The lowest BCUT2D eigenvalue weighted by Gasteiger charge is -2.36. The second kappa shape index (κ2) is 12.7. The largest absolute Gasteiger partial charge is 0.456 e. The maximum Gasteiger partial charge on any atom is 0.307 e. The molecule has 2 saturated carbocycles. The lowest BCUT2D eigenvalue weighted by atomic mass is 9.73. The summed E-state index contributed by atoms with van der Waals surface area (Å²) in [4.78, 5) is 5.03. The minimum Gasteiger partial charge on any atom is -0.456 e. The van der Waals surface area contributed by atoms with Gasteiger partial charge in [-0.15, -0.1) is 0 Å². The molecule has 0 N–H and O–H groups in total. The standard InChI is InChI=1S/C52H48N2O2/c1-31-21-23-35(47-37(33-13-5-6-14-33)26-28-44-49(47)53-51-54(44)43-18-10-12-20-46(43)56-51)29-39(31)40-30-36(24-22-32(40)2)48-38(34-15-7-8-16-34)25-27-42-50(48)55-45-19-11-9-17-41(45)52(42,3)4/h9-12,17-30,33-34H,5-8,13-16H2,1-4H3/i1D3,2D3,3D3,4D3,33D,34D. The van der Waals surface area contributed by atoms with Crippen molar-refractivity contribution in [3.05, 3.63) is 143 Å². The van der Waals surface area contributed by atoms with Crippen LogP contribution in [0.1, 0.15) is 129 Å². The highest BCUT2D eigenvalue weighted by Crippen LogP contribution is 2.55. The van der Waals surface area contributed by atoms with E-state index in [9.17, 15) is 2.74 Å². The van der Waals surface area contributed by atoms with Gasteiger partial charge >= 0.3 is 5.84 Å². The predicted octanol–water partition coefficient (Wildman–Crippen LogP) is 14.6. The second-order valence-electron chi connectivity index (χ2n) is 15.5. The number of hydrogen-bond acceptors (Lipinski definition) is 3. The molecule has 2 aliphatic carbocycles. The van der Waals surface area contributed by atoms with Crippen LogP contribution in [-0.2, 0) is 5.41 Å². The number of benzene rings is 6. The number of ether oxygens (including phenoxy) is 1. The van der Waals surface area contributed by atoms with Crippen molar-refractivity contribution >= 4 is 28.0 Å². The molecule has 0 unspecified atom stereocenters. The van der Waals surface area contributed by atoms with Crippen molar-refractivity contribution in [1.82, 2.24) is 9.38 Å². The Kier molecular flexibility index (Phi) is 5.04. The molecule has 11 rings (SSSR count). The van der Waals surface area contributed by atoms with E-state index in [0.29, 0.717) is 70.4 Å². The molecule has 278 valence electrons. The van der Waals surface area contributed by atoms with E-state index in [2.05, 4.69) is 0 Å². The van der Waals surface area contributed by atoms with E-state index in [0.717, 1.165) is 31.2 Å². The fourth-order valence-electron chi connectivity index (χ4n) is 9.51. The molecule has 8 aromatic rings. The number of hydrogen-bond donors (Lipinski definition) is 0. The van der Waals surface area contributed by atoms with E-state index in [4.69, 9.17) is 30.6 Å². The smallest absolute Gasteiger partial charge is 0.307 e. The molecular weight excluding hydrogens is 685 g/mol. The van der Waals surface area contributed by atoms with Gasteiger partial charge in [-0.2, -0.15) is 4.98 Å². The van der Waals surface area contributed by atoms with Gasteiger partial charge in [0.2, 0.25) is 0 Å². The van der Waals surface area contributed by atoms with Crippen LogP contribution < -0.4 is 4.74 Å². The van der Waals surface area contributed by atoms with Crippen molar-refractivity contribution in [1.29, 1.82) is 0 Å². The molecule has 4 heteroatoms. The Morgan fingerprint density at radius 1 is 0.661 bits per heavy atom. The highest BCUT2D eigenvalue weighted by atomic mass is 16.5. The second-order valence-corrected chi connectivity index (χ2v) is 15.5. The molecule has 0 bridgehead atoms. The molecule has 6 aromatic carbocycles. The van der Waals surface area contributed by atoms with Gasteiger partial charge in [0.05, 0.1) is 11.0 Å². The lowest BCUT2D eigenvalue weighted by molar-refractivity contribution is 0.418. The van der Waals surface area contributed by atoms with Crippen LogP contribution >= 0.6 is 0 Å². The number of oxazole rings is 1. The first-order valence-electron chi connectivity index (χ1n) is 26.6. The quantitative estimate of drug-likeness (QED) is 0.176. The summed E-state index contributed by atoms with van der Waals surface area (Å²) in [6.45, 7) is -11.9. The van der Waals surface area contributed by atoms with Gasteiger partial charge in [0.15, 0.2) is 5.58 Å². The Hall–Kier alpha value is -5.61. The van der Waals surface area contributed by atoms with E-state index < -0.39 is 44.6 Å². The van der Waals surface area contributed by atoms with Crippen LogP contribution in [0.4, 0.5) is 0 Å². The molecule has 0 spiro atoms. The van der Waals surface area contributed by atoms with Crippen LogP contribution in [-0.4, -0.2) is 9.38 Å². The normalized spacial score (nSPS) is 22.6.